The van der Waals surface area contributed by atoms with Crippen molar-refractivity contribution in [2.24, 2.45) is 28.6 Å². The van der Waals surface area contributed by atoms with E-state index in [0.717, 1.165) is 62.5 Å². The molecule has 2 saturated carbocycles. The highest BCUT2D eigenvalue weighted by Gasteiger charge is 2.58. The van der Waals surface area contributed by atoms with Gasteiger partial charge in [0.05, 0.1) is 0 Å². The third-order valence-electron chi connectivity index (χ3n) is 8.56. The van der Waals surface area contributed by atoms with Crippen molar-refractivity contribution >= 4 is 18.2 Å². The summed E-state index contributed by atoms with van der Waals surface area (Å²) in [6.07, 6.45) is 10.1. The molecule has 6 atom stereocenters. The third-order valence-corrected chi connectivity index (χ3v) is 8.56. The van der Waals surface area contributed by atoms with Crippen LogP contribution in [0.2, 0.25) is 0 Å². The molecule has 4 rings (SSSR count). The van der Waals surface area contributed by atoms with Crippen LogP contribution in [0.5, 0.6) is 0 Å². The smallest absolute Gasteiger partial charge is 0.302 e. The Balaban J connectivity index is 1.61. The maximum atomic E-state index is 11.8. The number of rotatable bonds is 3. The fourth-order valence-corrected chi connectivity index (χ4v) is 7.18. The number of hydrogen-bond acceptors (Lipinski definition) is 4. The Hall–Kier alpha value is -1.91. The molecule has 0 aromatic rings. The Morgan fingerprint density at radius 2 is 1.83 bits per heavy atom. The van der Waals surface area contributed by atoms with Crippen molar-refractivity contribution in [3.63, 3.8) is 0 Å². The number of esters is 1. The van der Waals surface area contributed by atoms with Gasteiger partial charge in [-0.3, -0.25) is 14.4 Å². The number of carbonyl (C=O) groups excluding carboxylic acids is 3. The molecule has 0 bridgehead atoms. The van der Waals surface area contributed by atoms with E-state index in [1.54, 1.807) is 0 Å². The minimum Gasteiger partial charge on any atom is -0.462 e. The molecular formula is C24H33NO4. The number of hydrogen-bond donors (Lipinski definition) is 1. The lowest BCUT2D eigenvalue weighted by Gasteiger charge is -2.57. The van der Waals surface area contributed by atoms with Gasteiger partial charge in [0.2, 0.25) is 5.91 Å². The zero-order valence-electron chi connectivity index (χ0n) is 18.0. The largest absolute Gasteiger partial charge is 0.462 e. The van der Waals surface area contributed by atoms with E-state index in [9.17, 15) is 14.4 Å². The Morgan fingerprint density at radius 1 is 1.10 bits per heavy atom. The fraction of sp³-hybridized carbons (Fsp3) is 0.708. The van der Waals surface area contributed by atoms with Gasteiger partial charge in [-0.15, -0.1) is 0 Å². The Morgan fingerprint density at radius 3 is 2.48 bits per heavy atom. The maximum absolute atomic E-state index is 11.8. The van der Waals surface area contributed by atoms with Crippen molar-refractivity contribution in [3.05, 3.63) is 22.9 Å². The summed E-state index contributed by atoms with van der Waals surface area (Å²) in [6, 6.07) is 0. The van der Waals surface area contributed by atoms with Gasteiger partial charge in [0.25, 0.3) is 0 Å². The van der Waals surface area contributed by atoms with E-state index >= 15 is 0 Å². The average molecular weight is 400 g/mol. The molecule has 5 heteroatoms. The summed E-state index contributed by atoms with van der Waals surface area (Å²) in [5, 5.41) is 3.01. The van der Waals surface area contributed by atoms with Gasteiger partial charge in [-0.05, 0) is 61.7 Å². The topological polar surface area (TPSA) is 72.5 Å². The molecule has 1 N–H and O–H groups in total. The number of carbonyl (C=O) groups is 3. The molecule has 2 fully saturated rings. The van der Waals surface area contributed by atoms with Crippen LogP contribution in [-0.4, -0.2) is 24.3 Å². The molecule has 29 heavy (non-hydrogen) atoms. The highest BCUT2D eigenvalue weighted by atomic mass is 16.5. The zero-order chi connectivity index (χ0) is 21.0. The summed E-state index contributed by atoms with van der Waals surface area (Å²) in [5.74, 6) is 1.22. The summed E-state index contributed by atoms with van der Waals surface area (Å²) in [6.45, 7) is 7.66. The normalized spacial score (nSPS) is 40.9. The summed E-state index contributed by atoms with van der Waals surface area (Å²) in [4.78, 5) is 35.0. The number of nitrogens with one attached hydrogen (secondary N) is 1. The monoisotopic (exact) mass is 399 g/mol. The van der Waals surface area contributed by atoms with Crippen LogP contribution in [0.4, 0.5) is 0 Å². The van der Waals surface area contributed by atoms with Gasteiger partial charge in [0, 0.05) is 37.0 Å². The van der Waals surface area contributed by atoms with Crippen LogP contribution < -0.4 is 5.32 Å². The van der Waals surface area contributed by atoms with Crippen molar-refractivity contribution in [3.8, 4) is 0 Å². The zero-order valence-corrected chi connectivity index (χ0v) is 18.0. The molecule has 0 aliphatic heterocycles. The fourth-order valence-electron chi connectivity index (χ4n) is 7.18. The van der Waals surface area contributed by atoms with E-state index in [0.29, 0.717) is 17.8 Å². The van der Waals surface area contributed by atoms with E-state index in [1.807, 2.05) is 0 Å². The maximum Gasteiger partial charge on any atom is 0.302 e. The van der Waals surface area contributed by atoms with Gasteiger partial charge >= 0.3 is 5.97 Å². The number of allylic oxidation sites excluding steroid dienone is 3. The van der Waals surface area contributed by atoms with Crippen LogP contribution in [0, 0.1) is 28.6 Å². The second-order valence-corrected chi connectivity index (χ2v) is 10.1. The van der Waals surface area contributed by atoms with E-state index < -0.39 is 0 Å². The number of aldehydes is 1. The van der Waals surface area contributed by atoms with E-state index in [4.69, 9.17) is 4.74 Å². The molecule has 1 unspecified atom stereocenters. The summed E-state index contributed by atoms with van der Waals surface area (Å²) in [5.41, 5.74) is 3.15. The molecule has 158 valence electrons. The van der Waals surface area contributed by atoms with E-state index in [2.05, 4.69) is 25.2 Å². The predicted octanol–water partition coefficient (Wildman–Crippen LogP) is 4.08. The van der Waals surface area contributed by atoms with Crippen LogP contribution in [0.15, 0.2) is 22.9 Å². The minimum absolute atomic E-state index is 0.0124. The van der Waals surface area contributed by atoms with Crippen molar-refractivity contribution in [2.75, 3.05) is 0 Å². The number of amides is 1. The van der Waals surface area contributed by atoms with Gasteiger partial charge in [-0.1, -0.05) is 25.5 Å². The second-order valence-electron chi connectivity index (χ2n) is 10.1. The van der Waals surface area contributed by atoms with Gasteiger partial charge in [0.1, 0.15) is 12.4 Å². The highest BCUT2D eigenvalue weighted by Crippen LogP contribution is 2.65. The molecule has 4 aliphatic rings. The minimum atomic E-state index is -0.190. The van der Waals surface area contributed by atoms with Crippen molar-refractivity contribution in [1.82, 2.24) is 5.32 Å². The quantitative estimate of drug-likeness (QED) is 0.441. The summed E-state index contributed by atoms with van der Waals surface area (Å²) >= 11 is 0. The van der Waals surface area contributed by atoms with E-state index in [1.165, 1.54) is 19.4 Å². The van der Waals surface area contributed by atoms with Crippen LogP contribution >= 0.6 is 0 Å². The van der Waals surface area contributed by atoms with Crippen LogP contribution in [0.3, 0.4) is 0 Å². The molecule has 4 aliphatic carbocycles. The summed E-state index contributed by atoms with van der Waals surface area (Å²) in [7, 11) is 0. The highest BCUT2D eigenvalue weighted by molar-refractivity contribution is 5.81. The SMILES string of the molecule is CC(=O)NC1=C(C=O)C[C@H]2[C@@H]3CC=C4CC(OC(C)=O)CC[C@]4(C)[C@H]3CC[C@]12C. The van der Waals surface area contributed by atoms with Gasteiger partial charge in [-0.25, -0.2) is 0 Å². The molecule has 5 nitrogen and oxygen atoms in total. The molecule has 0 aromatic carbocycles. The second kappa shape index (κ2) is 7.10. The molecular weight excluding hydrogens is 366 g/mol. The first-order chi connectivity index (χ1) is 13.7. The van der Waals surface area contributed by atoms with Gasteiger partial charge in [-0.2, -0.15) is 0 Å². The Kier molecular flexibility index (Phi) is 4.99. The number of fused-ring (bicyclic) bond motifs is 5. The molecule has 0 spiro atoms. The van der Waals surface area contributed by atoms with Gasteiger partial charge < -0.3 is 10.1 Å². The molecule has 0 radical (unpaired) electrons. The molecule has 0 saturated heterocycles. The third kappa shape index (κ3) is 3.17. The summed E-state index contributed by atoms with van der Waals surface area (Å²) < 4.78 is 5.52. The lowest BCUT2D eigenvalue weighted by Crippen LogP contribution is -2.51. The standard InChI is InChI=1S/C24H33NO4/c1-14(27)25-22-16(13-26)11-21-19-6-5-17-12-18(29-15(2)28)7-9-23(17,3)20(19)8-10-24(21,22)4/h5,13,18-21H,6-12H2,1-4H3,(H,25,27)/t18?,19-,20+,21+,23+,24+/m1/s1. The first-order valence-electron chi connectivity index (χ1n) is 11.0. The first kappa shape index (κ1) is 20.4. The van der Waals surface area contributed by atoms with Crippen LogP contribution in [-0.2, 0) is 19.1 Å². The van der Waals surface area contributed by atoms with Crippen molar-refractivity contribution < 1.29 is 19.1 Å². The predicted molar refractivity (Wildman–Crippen MR) is 110 cm³/mol. The Labute approximate surface area is 173 Å². The molecule has 0 heterocycles. The first-order valence-corrected chi connectivity index (χ1v) is 11.0. The van der Waals surface area contributed by atoms with Crippen LogP contribution in [0.25, 0.3) is 0 Å². The number of ether oxygens (including phenoxy) is 1. The average Bonchev–Trinajstić information content (AvgIpc) is 2.93. The van der Waals surface area contributed by atoms with Gasteiger partial charge in [0.15, 0.2) is 0 Å². The lowest BCUT2D eigenvalue weighted by atomic mass is 9.48. The van der Waals surface area contributed by atoms with Crippen molar-refractivity contribution in [2.45, 2.75) is 78.7 Å². The molecule has 1 amide bonds. The molecule has 0 aromatic heterocycles. The lowest BCUT2D eigenvalue weighted by molar-refractivity contribution is -0.148. The Bertz CT molecular complexity index is 812. The van der Waals surface area contributed by atoms with E-state index in [-0.39, 0.29) is 28.8 Å². The van der Waals surface area contributed by atoms with Crippen LogP contribution in [0.1, 0.15) is 72.6 Å². The van der Waals surface area contributed by atoms with Crippen molar-refractivity contribution in [1.29, 1.82) is 0 Å².